The highest BCUT2D eigenvalue weighted by molar-refractivity contribution is 6.04. The number of para-hydroxylation sites is 1. The Morgan fingerprint density at radius 2 is 2.04 bits per heavy atom. The third-order valence-corrected chi connectivity index (χ3v) is 4.24. The van der Waals surface area contributed by atoms with Crippen LogP contribution >= 0.6 is 0 Å². The van der Waals surface area contributed by atoms with Crippen LogP contribution in [0, 0.1) is 0 Å². The van der Waals surface area contributed by atoms with Gasteiger partial charge >= 0.3 is 0 Å². The molecule has 130 valence electrons. The summed E-state index contributed by atoms with van der Waals surface area (Å²) in [4.78, 5) is 14.6. The van der Waals surface area contributed by atoms with E-state index in [-0.39, 0.29) is 11.9 Å². The van der Waals surface area contributed by atoms with Crippen LogP contribution in [-0.4, -0.2) is 48.8 Å². The monoisotopic (exact) mass is 338 g/mol. The van der Waals surface area contributed by atoms with E-state index < -0.39 is 0 Å². The van der Waals surface area contributed by atoms with Gasteiger partial charge in [0.15, 0.2) is 5.69 Å². The molecule has 2 N–H and O–H groups in total. The molecule has 0 radical (unpaired) electrons. The van der Waals surface area contributed by atoms with E-state index in [0.717, 1.165) is 22.2 Å². The van der Waals surface area contributed by atoms with Crippen LogP contribution in [0.3, 0.4) is 0 Å². The Morgan fingerprint density at radius 3 is 2.80 bits per heavy atom. The number of amides is 1. The van der Waals surface area contributed by atoms with Gasteiger partial charge in [-0.25, -0.2) is 0 Å². The number of hydrogen-bond acceptors (Lipinski definition) is 4. The Morgan fingerprint density at radius 1 is 1.24 bits per heavy atom. The molecular weight excluding hydrogens is 316 g/mol. The van der Waals surface area contributed by atoms with Crippen molar-refractivity contribution in [2.24, 2.45) is 0 Å². The lowest BCUT2D eigenvalue weighted by atomic mass is 10.1. The number of carbonyl (C=O) groups excluding carboxylic acids is 1. The number of carbonyl (C=O) groups is 1. The highest BCUT2D eigenvalue weighted by atomic mass is 16.5. The van der Waals surface area contributed by atoms with Crippen molar-refractivity contribution in [3.8, 4) is 5.75 Å². The molecule has 6 heteroatoms. The Balaban J connectivity index is 1.76. The fraction of sp³-hybridized carbons (Fsp3) is 0.263. The minimum atomic E-state index is -0.188. The summed E-state index contributed by atoms with van der Waals surface area (Å²) in [5.74, 6) is 0.612. The van der Waals surface area contributed by atoms with Crippen molar-refractivity contribution in [3.63, 3.8) is 0 Å². The second kappa shape index (κ2) is 7.36. The maximum absolute atomic E-state index is 12.6. The lowest BCUT2D eigenvalue weighted by molar-refractivity contribution is 0.0938. The fourth-order valence-corrected chi connectivity index (χ4v) is 2.86. The van der Waals surface area contributed by atoms with Crippen molar-refractivity contribution < 1.29 is 9.53 Å². The number of ether oxygens (including phenoxy) is 1. The lowest BCUT2D eigenvalue weighted by Gasteiger charge is -2.25. The number of H-pyrrole nitrogens is 1. The van der Waals surface area contributed by atoms with Crippen LogP contribution in [0.15, 0.2) is 48.5 Å². The normalized spacial score (nSPS) is 12.3. The number of nitrogens with zero attached hydrogens (tertiary/aromatic N) is 2. The molecule has 1 heterocycles. The largest absolute Gasteiger partial charge is 0.497 e. The molecule has 1 amide bonds. The minimum Gasteiger partial charge on any atom is -0.497 e. The van der Waals surface area contributed by atoms with Crippen molar-refractivity contribution in [2.75, 3.05) is 27.7 Å². The van der Waals surface area contributed by atoms with Gasteiger partial charge in [-0.15, -0.1) is 0 Å². The van der Waals surface area contributed by atoms with Gasteiger partial charge in [-0.2, -0.15) is 5.10 Å². The van der Waals surface area contributed by atoms with Gasteiger partial charge in [0.2, 0.25) is 0 Å². The molecule has 1 aromatic heterocycles. The van der Waals surface area contributed by atoms with E-state index in [1.807, 2.05) is 62.6 Å². The molecule has 0 aliphatic heterocycles. The van der Waals surface area contributed by atoms with Crippen molar-refractivity contribution in [3.05, 3.63) is 59.8 Å². The number of nitrogens with one attached hydrogen (secondary N) is 2. The molecule has 1 atom stereocenters. The summed E-state index contributed by atoms with van der Waals surface area (Å²) in [6, 6.07) is 15.5. The van der Waals surface area contributed by atoms with Gasteiger partial charge in [-0.1, -0.05) is 30.3 Å². The minimum absolute atomic E-state index is 0.0317. The van der Waals surface area contributed by atoms with E-state index in [0.29, 0.717) is 12.2 Å². The van der Waals surface area contributed by atoms with Crippen molar-refractivity contribution >= 4 is 16.8 Å². The number of likely N-dealkylation sites (N-methyl/N-ethyl adjacent to an activating group) is 1. The fourth-order valence-electron chi connectivity index (χ4n) is 2.86. The summed E-state index contributed by atoms with van der Waals surface area (Å²) in [6.07, 6.45) is 0. The van der Waals surface area contributed by atoms with Gasteiger partial charge in [0.25, 0.3) is 5.91 Å². The summed E-state index contributed by atoms with van der Waals surface area (Å²) in [5.41, 5.74) is 2.35. The number of methoxy groups -OCH3 is 1. The number of fused-ring (bicyclic) bond motifs is 1. The van der Waals surface area contributed by atoms with E-state index >= 15 is 0 Å². The molecule has 3 rings (SSSR count). The molecule has 6 nitrogen and oxygen atoms in total. The average molecular weight is 338 g/mol. The van der Waals surface area contributed by atoms with Gasteiger partial charge in [0.05, 0.1) is 18.7 Å². The predicted octanol–water partition coefficient (Wildman–Crippen LogP) is 2.60. The number of benzene rings is 2. The van der Waals surface area contributed by atoms with Gasteiger partial charge in [0.1, 0.15) is 5.75 Å². The number of aromatic amines is 1. The summed E-state index contributed by atoms with van der Waals surface area (Å²) in [5, 5.41) is 10.8. The second-order valence-electron chi connectivity index (χ2n) is 6.08. The van der Waals surface area contributed by atoms with Crippen LogP contribution in [0.4, 0.5) is 0 Å². The summed E-state index contributed by atoms with van der Waals surface area (Å²) >= 11 is 0. The first-order chi connectivity index (χ1) is 12.1. The summed E-state index contributed by atoms with van der Waals surface area (Å²) < 4.78 is 5.30. The SMILES string of the molecule is COc1cccc(C(CNC(=O)c2n[nH]c3ccccc23)N(C)C)c1. The molecule has 25 heavy (non-hydrogen) atoms. The molecule has 0 fully saturated rings. The van der Waals surface area contributed by atoms with Crippen LogP contribution in [0.5, 0.6) is 5.75 Å². The molecule has 0 aliphatic carbocycles. The van der Waals surface area contributed by atoms with Crippen molar-refractivity contribution in [1.29, 1.82) is 0 Å². The number of aromatic nitrogens is 2. The summed E-state index contributed by atoms with van der Waals surface area (Å²) in [7, 11) is 5.62. The molecule has 0 aliphatic rings. The number of rotatable bonds is 6. The lowest BCUT2D eigenvalue weighted by Crippen LogP contribution is -2.34. The van der Waals surface area contributed by atoms with Gasteiger partial charge in [-0.05, 0) is 37.9 Å². The Hall–Kier alpha value is -2.86. The second-order valence-corrected chi connectivity index (χ2v) is 6.08. The Bertz CT molecular complexity index is 872. The van der Waals surface area contributed by atoms with Gasteiger partial charge in [0, 0.05) is 11.9 Å². The predicted molar refractivity (Wildman–Crippen MR) is 97.8 cm³/mol. The first kappa shape index (κ1) is 17.0. The highest BCUT2D eigenvalue weighted by Gasteiger charge is 2.19. The maximum atomic E-state index is 12.6. The zero-order chi connectivity index (χ0) is 17.8. The van der Waals surface area contributed by atoms with E-state index in [4.69, 9.17) is 4.74 Å². The molecular formula is C19H22N4O2. The van der Waals surface area contributed by atoms with Gasteiger partial charge < -0.3 is 15.0 Å². The Kier molecular flexibility index (Phi) is 5.00. The van der Waals surface area contributed by atoms with Crippen molar-refractivity contribution in [2.45, 2.75) is 6.04 Å². The highest BCUT2D eigenvalue weighted by Crippen LogP contribution is 2.22. The third-order valence-electron chi connectivity index (χ3n) is 4.24. The molecule has 0 spiro atoms. The first-order valence-electron chi connectivity index (χ1n) is 8.12. The molecule has 2 aromatic carbocycles. The first-order valence-corrected chi connectivity index (χ1v) is 8.12. The van der Waals surface area contributed by atoms with E-state index in [1.54, 1.807) is 7.11 Å². The third kappa shape index (κ3) is 3.64. The maximum Gasteiger partial charge on any atom is 0.272 e. The van der Waals surface area contributed by atoms with E-state index in [2.05, 4.69) is 20.4 Å². The average Bonchev–Trinajstić information content (AvgIpc) is 3.06. The zero-order valence-electron chi connectivity index (χ0n) is 14.6. The van der Waals surface area contributed by atoms with Crippen LogP contribution < -0.4 is 10.1 Å². The topological polar surface area (TPSA) is 70.2 Å². The Labute approximate surface area is 146 Å². The quantitative estimate of drug-likeness (QED) is 0.725. The van der Waals surface area contributed by atoms with E-state index in [9.17, 15) is 4.79 Å². The molecule has 0 saturated heterocycles. The molecule has 1 unspecified atom stereocenters. The summed E-state index contributed by atoms with van der Waals surface area (Å²) in [6.45, 7) is 0.472. The van der Waals surface area contributed by atoms with Gasteiger partial charge in [-0.3, -0.25) is 9.89 Å². The van der Waals surface area contributed by atoms with Crippen LogP contribution in [0.25, 0.3) is 10.9 Å². The smallest absolute Gasteiger partial charge is 0.272 e. The molecule has 3 aromatic rings. The molecule has 0 saturated carbocycles. The van der Waals surface area contributed by atoms with Crippen LogP contribution in [-0.2, 0) is 0 Å². The standard InChI is InChI=1S/C19H22N4O2/c1-23(2)17(13-7-6-8-14(11-13)25-3)12-20-19(24)18-15-9-4-5-10-16(15)21-22-18/h4-11,17H,12H2,1-3H3,(H,20,24)(H,21,22). The van der Waals surface area contributed by atoms with E-state index in [1.165, 1.54) is 0 Å². The van der Waals surface area contributed by atoms with Crippen molar-refractivity contribution in [1.82, 2.24) is 20.4 Å². The van der Waals surface area contributed by atoms with Crippen LogP contribution in [0.2, 0.25) is 0 Å². The zero-order valence-corrected chi connectivity index (χ0v) is 14.6. The van der Waals surface area contributed by atoms with Crippen LogP contribution in [0.1, 0.15) is 22.1 Å². The molecule has 0 bridgehead atoms. The number of hydrogen-bond donors (Lipinski definition) is 2.